The number of thiophene rings is 1. The zero-order valence-electron chi connectivity index (χ0n) is 15.3. The second-order valence-corrected chi connectivity index (χ2v) is 7.92. The minimum atomic E-state index is -0.0689. The molecule has 2 aliphatic heterocycles. The van der Waals surface area contributed by atoms with Crippen molar-refractivity contribution >= 4 is 23.2 Å². The van der Waals surface area contributed by atoms with Gasteiger partial charge in [-0.1, -0.05) is 6.07 Å². The average molecular weight is 390 g/mol. The number of hydrogen-bond donors (Lipinski definition) is 0. The molecule has 0 spiro atoms. The van der Waals surface area contributed by atoms with Crippen molar-refractivity contribution in [2.24, 2.45) is 0 Å². The lowest BCUT2D eigenvalue weighted by Gasteiger charge is -2.30. The van der Waals surface area contributed by atoms with Crippen LogP contribution in [0.25, 0.3) is 6.08 Å². The molecule has 6 heteroatoms. The molecule has 3 aromatic rings. The Morgan fingerprint density at radius 2 is 2.11 bits per heavy atom. The Balaban J connectivity index is 1.44. The van der Waals surface area contributed by atoms with Gasteiger partial charge in [-0.2, -0.15) is 0 Å². The SMILES string of the molecule is Cc1c2c(cc3c1OC(=Cc1cccs1)C3=O)CN(Cc1ccncc1)CO2. The molecule has 0 unspecified atom stereocenters. The number of hydrogen-bond acceptors (Lipinski definition) is 6. The third-order valence-corrected chi connectivity index (χ3v) is 5.79. The predicted molar refractivity (Wildman–Crippen MR) is 107 cm³/mol. The van der Waals surface area contributed by atoms with Gasteiger partial charge in [0.1, 0.15) is 18.2 Å². The van der Waals surface area contributed by atoms with Crippen molar-refractivity contribution in [1.82, 2.24) is 9.88 Å². The van der Waals surface area contributed by atoms with E-state index in [2.05, 4.69) is 9.88 Å². The van der Waals surface area contributed by atoms with Crippen molar-refractivity contribution in [3.63, 3.8) is 0 Å². The highest BCUT2D eigenvalue weighted by Crippen LogP contribution is 2.43. The monoisotopic (exact) mass is 390 g/mol. The highest BCUT2D eigenvalue weighted by atomic mass is 32.1. The fraction of sp³-hybridized carbons (Fsp3) is 0.182. The maximum absolute atomic E-state index is 12.9. The van der Waals surface area contributed by atoms with Crippen molar-refractivity contribution in [2.75, 3.05) is 6.73 Å². The fourth-order valence-electron chi connectivity index (χ4n) is 3.65. The van der Waals surface area contributed by atoms with E-state index in [1.54, 1.807) is 23.7 Å². The lowest BCUT2D eigenvalue weighted by Crippen LogP contribution is -2.32. The molecule has 0 aliphatic carbocycles. The molecule has 0 radical (unpaired) electrons. The van der Waals surface area contributed by atoms with Crippen LogP contribution in [-0.2, 0) is 13.1 Å². The summed E-state index contributed by atoms with van der Waals surface area (Å²) in [6, 6.07) is 9.85. The number of aromatic nitrogens is 1. The third-order valence-electron chi connectivity index (χ3n) is 4.97. The maximum Gasteiger partial charge on any atom is 0.232 e. The molecule has 0 amide bonds. The predicted octanol–water partition coefficient (Wildman–Crippen LogP) is 4.42. The molecule has 28 heavy (non-hydrogen) atoms. The van der Waals surface area contributed by atoms with Crippen LogP contribution in [0.4, 0.5) is 0 Å². The molecule has 0 bridgehead atoms. The van der Waals surface area contributed by atoms with Crippen molar-refractivity contribution in [2.45, 2.75) is 20.0 Å². The van der Waals surface area contributed by atoms with Gasteiger partial charge >= 0.3 is 0 Å². The minimum Gasteiger partial charge on any atom is -0.477 e. The Labute approximate surface area is 166 Å². The number of benzene rings is 1. The summed E-state index contributed by atoms with van der Waals surface area (Å²) in [4.78, 5) is 20.1. The maximum atomic E-state index is 12.9. The van der Waals surface area contributed by atoms with E-state index in [9.17, 15) is 4.79 Å². The highest BCUT2D eigenvalue weighted by Gasteiger charge is 2.33. The Bertz CT molecular complexity index is 1070. The molecule has 2 aliphatic rings. The van der Waals surface area contributed by atoms with Crippen molar-refractivity contribution < 1.29 is 14.3 Å². The Kier molecular flexibility index (Phi) is 4.22. The lowest BCUT2D eigenvalue weighted by molar-refractivity contribution is 0.0876. The normalized spacial score (nSPS) is 17.2. The smallest absolute Gasteiger partial charge is 0.232 e. The van der Waals surface area contributed by atoms with E-state index in [1.165, 1.54) is 5.56 Å². The molecular formula is C22H18N2O3S. The summed E-state index contributed by atoms with van der Waals surface area (Å²) < 4.78 is 12.0. The van der Waals surface area contributed by atoms with E-state index in [1.807, 2.05) is 48.7 Å². The van der Waals surface area contributed by atoms with Gasteiger partial charge in [0.2, 0.25) is 5.78 Å². The molecule has 4 heterocycles. The fourth-order valence-corrected chi connectivity index (χ4v) is 4.29. The number of Topliss-reactive ketones (excluding diaryl/α,β-unsaturated/α-hetero) is 1. The first-order chi connectivity index (χ1) is 13.7. The van der Waals surface area contributed by atoms with E-state index in [-0.39, 0.29) is 5.78 Å². The van der Waals surface area contributed by atoms with Crippen molar-refractivity contribution in [3.05, 3.63) is 81.0 Å². The van der Waals surface area contributed by atoms with E-state index >= 15 is 0 Å². The summed E-state index contributed by atoms with van der Waals surface area (Å²) in [5, 5.41) is 1.98. The molecule has 2 aromatic heterocycles. The molecule has 0 fully saturated rings. The van der Waals surface area contributed by atoms with Gasteiger partial charge in [-0.05, 0) is 42.1 Å². The number of rotatable bonds is 3. The Hall–Kier alpha value is -2.96. The number of carbonyl (C=O) groups is 1. The Morgan fingerprint density at radius 1 is 1.25 bits per heavy atom. The third kappa shape index (κ3) is 3.00. The average Bonchev–Trinajstić information content (AvgIpc) is 3.32. The van der Waals surface area contributed by atoms with Crippen molar-refractivity contribution in [1.29, 1.82) is 0 Å². The standard InChI is InChI=1S/C22H18N2O3S/c1-14-21-16(12-24(13-26-21)11-15-4-6-23-7-5-15)9-18-20(25)19(27-22(14)18)10-17-3-2-8-28-17/h2-10H,11-13H2,1H3. The van der Waals surface area contributed by atoms with Gasteiger partial charge in [-0.15, -0.1) is 11.3 Å². The largest absolute Gasteiger partial charge is 0.477 e. The van der Waals surface area contributed by atoms with Crippen LogP contribution in [0.2, 0.25) is 0 Å². The summed E-state index contributed by atoms with van der Waals surface area (Å²) in [7, 11) is 0. The number of nitrogens with zero attached hydrogens (tertiary/aromatic N) is 2. The van der Waals surface area contributed by atoms with Gasteiger partial charge < -0.3 is 9.47 Å². The van der Waals surface area contributed by atoms with Crippen LogP contribution in [0, 0.1) is 6.92 Å². The van der Waals surface area contributed by atoms with Gasteiger partial charge in [0.05, 0.1) is 5.56 Å². The summed E-state index contributed by atoms with van der Waals surface area (Å²) in [5.74, 6) is 1.75. The summed E-state index contributed by atoms with van der Waals surface area (Å²) >= 11 is 1.58. The number of ether oxygens (including phenoxy) is 2. The quantitative estimate of drug-likeness (QED) is 0.620. The number of pyridine rings is 1. The molecule has 0 saturated carbocycles. The van der Waals surface area contributed by atoms with Gasteiger partial charge in [0.25, 0.3) is 0 Å². The Morgan fingerprint density at radius 3 is 2.89 bits per heavy atom. The van der Waals surface area contributed by atoms with Crippen LogP contribution in [0.15, 0.2) is 53.9 Å². The first-order valence-corrected chi connectivity index (χ1v) is 9.95. The number of carbonyl (C=O) groups excluding carboxylic acids is 1. The number of fused-ring (bicyclic) bond motifs is 2. The first-order valence-electron chi connectivity index (χ1n) is 9.07. The second-order valence-electron chi connectivity index (χ2n) is 6.94. The summed E-state index contributed by atoms with van der Waals surface area (Å²) in [6.07, 6.45) is 5.40. The van der Waals surface area contributed by atoms with Gasteiger partial charge in [0, 0.05) is 47.6 Å². The van der Waals surface area contributed by atoms with Crippen molar-refractivity contribution in [3.8, 4) is 11.5 Å². The van der Waals surface area contributed by atoms with Crippen LogP contribution in [0.1, 0.15) is 31.9 Å². The second kappa shape index (κ2) is 6.89. The molecule has 0 saturated heterocycles. The van der Waals surface area contributed by atoms with E-state index in [0.717, 1.165) is 34.8 Å². The topological polar surface area (TPSA) is 51.7 Å². The van der Waals surface area contributed by atoms with E-state index in [4.69, 9.17) is 9.47 Å². The molecule has 0 atom stereocenters. The van der Waals surface area contributed by atoms with Crippen LogP contribution < -0.4 is 9.47 Å². The van der Waals surface area contributed by atoms with Gasteiger partial charge in [0.15, 0.2) is 5.76 Å². The first kappa shape index (κ1) is 17.2. The minimum absolute atomic E-state index is 0.0689. The molecule has 5 rings (SSSR count). The van der Waals surface area contributed by atoms with Crippen LogP contribution in [0.3, 0.4) is 0 Å². The summed E-state index contributed by atoms with van der Waals surface area (Å²) in [6.45, 7) is 3.95. The highest BCUT2D eigenvalue weighted by molar-refractivity contribution is 7.10. The van der Waals surface area contributed by atoms with Gasteiger partial charge in [-0.25, -0.2) is 0 Å². The van der Waals surface area contributed by atoms with E-state index < -0.39 is 0 Å². The van der Waals surface area contributed by atoms with E-state index in [0.29, 0.717) is 23.8 Å². The van der Waals surface area contributed by atoms with Crippen LogP contribution in [-0.4, -0.2) is 22.4 Å². The molecule has 0 N–H and O–H groups in total. The van der Waals surface area contributed by atoms with Crippen LogP contribution >= 0.6 is 11.3 Å². The summed E-state index contributed by atoms with van der Waals surface area (Å²) in [5.41, 5.74) is 3.71. The lowest BCUT2D eigenvalue weighted by atomic mass is 10.00. The zero-order chi connectivity index (χ0) is 19.1. The molecule has 140 valence electrons. The number of ketones is 1. The van der Waals surface area contributed by atoms with Gasteiger partial charge in [-0.3, -0.25) is 14.7 Å². The molecule has 1 aromatic carbocycles. The molecular weight excluding hydrogens is 372 g/mol. The zero-order valence-corrected chi connectivity index (χ0v) is 16.2. The number of allylic oxidation sites excluding steroid dienone is 1. The molecule has 5 nitrogen and oxygen atoms in total. The van der Waals surface area contributed by atoms with Crippen LogP contribution in [0.5, 0.6) is 11.5 Å².